The number of methoxy groups -OCH3 is 2. The summed E-state index contributed by atoms with van der Waals surface area (Å²) in [6, 6.07) is 0. The van der Waals surface area contributed by atoms with Crippen molar-refractivity contribution in [3.05, 3.63) is 0 Å². The molecule has 0 N–H and O–H groups in total. The van der Waals surface area contributed by atoms with Gasteiger partial charge in [-0.1, -0.05) is 13.8 Å². The largest absolute Gasteiger partial charge is 0.373 e. The average molecular weight is 204 g/mol. The van der Waals surface area contributed by atoms with Gasteiger partial charge in [-0.15, -0.1) is 0 Å². The Balaban J connectivity index is 2.64. The molecule has 0 unspecified atom stereocenters. The van der Waals surface area contributed by atoms with Gasteiger partial charge in [-0.2, -0.15) is 0 Å². The minimum absolute atomic E-state index is 0.342. The van der Waals surface area contributed by atoms with E-state index in [1.165, 1.54) is 0 Å². The lowest BCUT2D eigenvalue weighted by atomic mass is 9.91. The summed E-state index contributed by atoms with van der Waals surface area (Å²) in [5, 5.41) is 0. The van der Waals surface area contributed by atoms with E-state index >= 15 is 0 Å². The molecule has 0 aliphatic carbocycles. The molecule has 1 heterocycles. The van der Waals surface area contributed by atoms with Crippen molar-refractivity contribution in [2.24, 2.45) is 5.92 Å². The van der Waals surface area contributed by atoms with Gasteiger partial charge >= 0.3 is 0 Å². The Morgan fingerprint density at radius 1 is 1.07 bits per heavy atom. The molecule has 84 valence electrons. The van der Waals surface area contributed by atoms with Crippen LogP contribution >= 0.6 is 0 Å². The van der Waals surface area contributed by atoms with E-state index in [0.717, 1.165) is 0 Å². The predicted molar refractivity (Wildman–Crippen MR) is 51.9 cm³/mol. The maximum atomic E-state index is 5.51. The highest BCUT2D eigenvalue weighted by Crippen LogP contribution is 2.31. The Morgan fingerprint density at radius 3 is 1.86 bits per heavy atom. The molecule has 1 aliphatic rings. The van der Waals surface area contributed by atoms with Crippen LogP contribution in [-0.4, -0.2) is 39.0 Å². The van der Waals surface area contributed by atoms with Crippen LogP contribution in [0.1, 0.15) is 20.8 Å². The minimum atomic E-state index is -0.920. The highest BCUT2D eigenvalue weighted by molar-refractivity contribution is 4.87. The van der Waals surface area contributed by atoms with E-state index in [0.29, 0.717) is 19.1 Å². The highest BCUT2D eigenvalue weighted by Gasteiger charge is 2.44. The molecule has 0 aromatic rings. The lowest BCUT2D eigenvalue weighted by molar-refractivity contribution is -0.414. The minimum Gasteiger partial charge on any atom is -0.373 e. The molecule has 0 bridgehead atoms. The van der Waals surface area contributed by atoms with Gasteiger partial charge in [-0.25, -0.2) is 0 Å². The lowest BCUT2D eigenvalue weighted by Gasteiger charge is -2.44. The van der Waals surface area contributed by atoms with Gasteiger partial charge in [0.2, 0.25) is 0 Å². The van der Waals surface area contributed by atoms with Crippen LogP contribution < -0.4 is 0 Å². The summed E-state index contributed by atoms with van der Waals surface area (Å²) in [5.41, 5.74) is -0.349. The number of hydrogen-bond acceptors (Lipinski definition) is 4. The summed E-state index contributed by atoms with van der Waals surface area (Å²) in [5.74, 6) is -0.578. The first kappa shape index (κ1) is 11.9. The quantitative estimate of drug-likeness (QED) is 0.696. The van der Waals surface area contributed by atoms with Crippen LogP contribution in [0, 0.1) is 5.92 Å². The first-order chi connectivity index (χ1) is 6.48. The van der Waals surface area contributed by atoms with E-state index in [1.807, 2.05) is 0 Å². The fraction of sp³-hybridized carbons (Fsp3) is 1.00. The van der Waals surface area contributed by atoms with Crippen molar-refractivity contribution in [2.75, 3.05) is 27.4 Å². The van der Waals surface area contributed by atoms with Crippen molar-refractivity contribution in [1.82, 2.24) is 0 Å². The summed E-state index contributed by atoms with van der Waals surface area (Å²) >= 11 is 0. The summed E-state index contributed by atoms with van der Waals surface area (Å²) < 4.78 is 21.6. The monoisotopic (exact) mass is 204 g/mol. The van der Waals surface area contributed by atoms with Crippen molar-refractivity contribution >= 4 is 0 Å². The second-order valence-corrected chi connectivity index (χ2v) is 4.07. The molecule has 1 saturated heterocycles. The first-order valence-corrected chi connectivity index (χ1v) is 4.86. The smallest absolute Gasteiger partial charge is 0.279 e. The lowest BCUT2D eigenvalue weighted by Crippen LogP contribution is -2.56. The van der Waals surface area contributed by atoms with Gasteiger partial charge in [0.05, 0.1) is 13.2 Å². The van der Waals surface area contributed by atoms with Gasteiger partial charge in [-0.3, -0.25) is 0 Å². The molecule has 0 saturated carbocycles. The van der Waals surface area contributed by atoms with Crippen LogP contribution in [0.15, 0.2) is 0 Å². The van der Waals surface area contributed by atoms with Crippen LogP contribution in [0.5, 0.6) is 0 Å². The zero-order chi connectivity index (χ0) is 10.8. The molecule has 0 atom stereocenters. The topological polar surface area (TPSA) is 36.9 Å². The Labute approximate surface area is 85.5 Å². The fourth-order valence-electron chi connectivity index (χ4n) is 1.39. The third kappa shape index (κ3) is 2.08. The molecular formula is C10H20O4. The number of hydrogen-bond donors (Lipinski definition) is 0. The molecule has 0 aromatic carbocycles. The molecule has 0 radical (unpaired) electrons. The van der Waals surface area contributed by atoms with Crippen molar-refractivity contribution < 1.29 is 18.9 Å². The maximum absolute atomic E-state index is 5.51. The molecule has 1 aliphatic heterocycles. The second-order valence-electron chi connectivity index (χ2n) is 4.07. The van der Waals surface area contributed by atoms with Crippen molar-refractivity contribution in [2.45, 2.75) is 32.3 Å². The van der Waals surface area contributed by atoms with Crippen molar-refractivity contribution in [3.63, 3.8) is 0 Å². The molecule has 4 nitrogen and oxygen atoms in total. The zero-order valence-corrected chi connectivity index (χ0v) is 9.62. The van der Waals surface area contributed by atoms with Gasteiger partial charge in [0.1, 0.15) is 5.60 Å². The Hall–Kier alpha value is -0.160. The summed E-state index contributed by atoms with van der Waals surface area (Å²) in [6.45, 7) is 6.92. The molecule has 1 fully saturated rings. The average Bonchev–Trinajstić information content (AvgIpc) is 2.19. The maximum Gasteiger partial charge on any atom is 0.279 e. The molecular weight excluding hydrogens is 184 g/mol. The summed E-state index contributed by atoms with van der Waals surface area (Å²) in [7, 11) is 3.25. The molecule has 14 heavy (non-hydrogen) atoms. The van der Waals surface area contributed by atoms with Gasteiger partial charge < -0.3 is 18.9 Å². The fourth-order valence-corrected chi connectivity index (χ4v) is 1.39. The van der Waals surface area contributed by atoms with E-state index in [-0.39, 0.29) is 5.60 Å². The Kier molecular flexibility index (Phi) is 3.53. The van der Waals surface area contributed by atoms with E-state index in [9.17, 15) is 0 Å². The molecule has 0 spiro atoms. The Morgan fingerprint density at radius 2 is 1.57 bits per heavy atom. The third-order valence-corrected chi connectivity index (χ3v) is 2.99. The third-order valence-electron chi connectivity index (χ3n) is 2.99. The number of rotatable bonds is 3. The van der Waals surface area contributed by atoms with Crippen LogP contribution in [0.4, 0.5) is 0 Å². The molecule has 0 amide bonds. The van der Waals surface area contributed by atoms with Crippen molar-refractivity contribution in [3.8, 4) is 0 Å². The highest BCUT2D eigenvalue weighted by atomic mass is 16.9. The first-order valence-electron chi connectivity index (χ1n) is 4.86. The summed E-state index contributed by atoms with van der Waals surface area (Å²) in [6.07, 6.45) is 0. The SMILES string of the molecule is COC1(C)OCC(OC)(C(C)C)CO1. The van der Waals surface area contributed by atoms with Crippen LogP contribution in [0.2, 0.25) is 0 Å². The van der Waals surface area contributed by atoms with Gasteiger partial charge in [-0.05, 0) is 5.92 Å². The standard InChI is InChI=1S/C10H20O4/c1-8(2)10(12-5)6-13-9(3,11-4)14-7-10/h8H,6-7H2,1-5H3. The van der Waals surface area contributed by atoms with E-state index in [2.05, 4.69) is 13.8 Å². The van der Waals surface area contributed by atoms with E-state index in [1.54, 1.807) is 21.1 Å². The number of ether oxygens (including phenoxy) is 4. The molecule has 1 rings (SSSR count). The Bertz CT molecular complexity index is 183. The van der Waals surface area contributed by atoms with E-state index < -0.39 is 5.97 Å². The zero-order valence-electron chi connectivity index (χ0n) is 9.62. The van der Waals surface area contributed by atoms with E-state index in [4.69, 9.17) is 18.9 Å². The van der Waals surface area contributed by atoms with Crippen LogP contribution in [-0.2, 0) is 18.9 Å². The predicted octanol–water partition coefficient (Wildman–Crippen LogP) is 1.39. The van der Waals surface area contributed by atoms with Crippen LogP contribution in [0.25, 0.3) is 0 Å². The molecule has 0 aromatic heterocycles. The summed E-state index contributed by atoms with van der Waals surface area (Å²) in [4.78, 5) is 0. The second kappa shape index (κ2) is 4.14. The van der Waals surface area contributed by atoms with Gasteiger partial charge in [0.15, 0.2) is 0 Å². The van der Waals surface area contributed by atoms with Gasteiger partial charge in [0, 0.05) is 21.1 Å². The van der Waals surface area contributed by atoms with Crippen molar-refractivity contribution in [1.29, 1.82) is 0 Å². The normalized spacial score (nSPS) is 39.0. The van der Waals surface area contributed by atoms with Gasteiger partial charge in [0.25, 0.3) is 5.97 Å². The molecule has 4 heteroatoms. The van der Waals surface area contributed by atoms with Crippen LogP contribution in [0.3, 0.4) is 0 Å².